The number of hydrogen-bond acceptors (Lipinski definition) is 5. The monoisotopic (exact) mass is 408 g/mol. The van der Waals surface area contributed by atoms with Gasteiger partial charge in [-0.3, -0.25) is 14.6 Å². The second kappa shape index (κ2) is 9.19. The summed E-state index contributed by atoms with van der Waals surface area (Å²) in [6.45, 7) is 5.81. The third-order valence-corrected chi connectivity index (χ3v) is 5.31. The second-order valence-electron chi connectivity index (χ2n) is 7.55. The molecular weight excluding hydrogens is 383 g/mol. The van der Waals surface area contributed by atoms with E-state index < -0.39 is 6.04 Å². The van der Waals surface area contributed by atoms with E-state index in [2.05, 4.69) is 20.3 Å². The van der Waals surface area contributed by atoms with Crippen molar-refractivity contribution >= 4 is 11.6 Å². The first-order chi connectivity index (χ1) is 14.6. The Hall–Kier alpha value is -3.03. The van der Waals surface area contributed by atoms with Crippen LogP contribution in [0.25, 0.3) is 0 Å². The molecule has 3 aromatic rings. The molecule has 1 aromatic heterocycles. The van der Waals surface area contributed by atoms with Crippen molar-refractivity contribution < 1.29 is 13.7 Å². The number of hydrogen-bond donors (Lipinski definition) is 1. The van der Waals surface area contributed by atoms with Gasteiger partial charge in [-0.15, -0.1) is 0 Å². The number of carbonyl (C=O) groups excluding carboxylic acids is 1. The quantitative estimate of drug-likeness (QED) is 0.675. The van der Waals surface area contributed by atoms with Crippen LogP contribution in [0.4, 0.5) is 10.1 Å². The molecule has 0 spiro atoms. The summed E-state index contributed by atoms with van der Waals surface area (Å²) in [5.74, 6) is 0.365. The van der Waals surface area contributed by atoms with Crippen LogP contribution in [0.5, 0.6) is 0 Å². The van der Waals surface area contributed by atoms with Crippen LogP contribution in [0.15, 0.2) is 65.2 Å². The van der Waals surface area contributed by atoms with E-state index in [1.54, 1.807) is 12.1 Å². The first-order valence-corrected chi connectivity index (χ1v) is 10.1. The number of nitrogens with zero attached hydrogens (tertiary/aromatic N) is 3. The summed E-state index contributed by atoms with van der Waals surface area (Å²) in [6.07, 6.45) is 0. The highest BCUT2D eigenvalue weighted by Crippen LogP contribution is 2.25. The van der Waals surface area contributed by atoms with Crippen molar-refractivity contribution in [2.24, 2.45) is 0 Å². The number of anilines is 1. The average molecular weight is 408 g/mol. The lowest BCUT2D eigenvalue weighted by atomic mass is 10.0. The van der Waals surface area contributed by atoms with Gasteiger partial charge in [0.1, 0.15) is 17.6 Å². The number of benzene rings is 2. The summed E-state index contributed by atoms with van der Waals surface area (Å²) < 4.78 is 18.4. The molecule has 1 atom stereocenters. The third-order valence-electron chi connectivity index (χ3n) is 5.31. The Kier molecular flexibility index (Phi) is 6.21. The lowest BCUT2D eigenvalue weighted by Crippen LogP contribution is -2.49. The SMILES string of the molecule is Cc1cc(CN2CCN([C@H](C(=O)Nc3ccc(F)cc3)c3ccccc3)CC2)no1. The van der Waals surface area contributed by atoms with E-state index in [9.17, 15) is 9.18 Å². The van der Waals surface area contributed by atoms with Crippen molar-refractivity contribution in [2.75, 3.05) is 31.5 Å². The van der Waals surface area contributed by atoms with Gasteiger partial charge in [-0.1, -0.05) is 35.5 Å². The summed E-state index contributed by atoms with van der Waals surface area (Å²) in [6, 6.07) is 17.2. The molecule has 7 heteroatoms. The molecule has 1 saturated heterocycles. The Balaban J connectivity index is 1.45. The van der Waals surface area contributed by atoms with Gasteiger partial charge in [0.25, 0.3) is 0 Å². The van der Waals surface area contributed by atoms with Crippen LogP contribution in [-0.2, 0) is 11.3 Å². The molecule has 1 aliphatic rings. The maximum atomic E-state index is 13.2. The van der Waals surface area contributed by atoms with E-state index in [4.69, 9.17) is 4.52 Å². The molecule has 1 amide bonds. The van der Waals surface area contributed by atoms with Crippen molar-refractivity contribution in [2.45, 2.75) is 19.5 Å². The largest absolute Gasteiger partial charge is 0.361 e. The number of aryl methyl sites for hydroxylation is 1. The summed E-state index contributed by atoms with van der Waals surface area (Å²) in [4.78, 5) is 17.7. The van der Waals surface area contributed by atoms with Crippen LogP contribution in [-0.4, -0.2) is 47.0 Å². The molecule has 1 aliphatic heterocycles. The fraction of sp³-hybridized carbons (Fsp3) is 0.304. The minimum absolute atomic E-state index is 0.117. The van der Waals surface area contributed by atoms with E-state index in [1.807, 2.05) is 43.3 Å². The number of carbonyl (C=O) groups is 1. The Morgan fingerprint density at radius 2 is 1.80 bits per heavy atom. The number of piperazine rings is 1. The summed E-state index contributed by atoms with van der Waals surface area (Å²) in [7, 11) is 0. The predicted octanol–water partition coefficient (Wildman–Crippen LogP) is 3.62. The minimum atomic E-state index is -0.410. The fourth-order valence-electron chi connectivity index (χ4n) is 3.81. The van der Waals surface area contributed by atoms with Gasteiger partial charge in [0.15, 0.2) is 0 Å². The summed E-state index contributed by atoms with van der Waals surface area (Å²) in [5, 5.41) is 7.01. The van der Waals surface area contributed by atoms with Crippen LogP contribution in [0.3, 0.4) is 0 Å². The van der Waals surface area contributed by atoms with Crippen molar-refractivity contribution in [3.8, 4) is 0 Å². The maximum Gasteiger partial charge on any atom is 0.246 e. The van der Waals surface area contributed by atoms with E-state index >= 15 is 0 Å². The first kappa shape index (κ1) is 20.3. The van der Waals surface area contributed by atoms with E-state index in [0.717, 1.165) is 49.7 Å². The smallest absolute Gasteiger partial charge is 0.246 e. The number of halogens is 1. The molecule has 0 aliphatic carbocycles. The van der Waals surface area contributed by atoms with Crippen LogP contribution in [0.2, 0.25) is 0 Å². The molecule has 1 N–H and O–H groups in total. The lowest BCUT2D eigenvalue weighted by Gasteiger charge is -2.38. The Bertz CT molecular complexity index is 966. The molecule has 2 heterocycles. The van der Waals surface area contributed by atoms with Gasteiger partial charge in [-0.2, -0.15) is 0 Å². The van der Waals surface area contributed by atoms with E-state index in [0.29, 0.717) is 5.69 Å². The molecule has 156 valence electrons. The molecule has 1 fully saturated rings. The van der Waals surface area contributed by atoms with Crippen molar-refractivity contribution in [1.82, 2.24) is 15.0 Å². The summed E-state index contributed by atoms with van der Waals surface area (Å²) >= 11 is 0. The van der Waals surface area contributed by atoms with Crippen molar-refractivity contribution in [1.29, 1.82) is 0 Å². The van der Waals surface area contributed by atoms with Gasteiger partial charge >= 0.3 is 0 Å². The zero-order chi connectivity index (χ0) is 20.9. The van der Waals surface area contributed by atoms with Crippen molar-refractivity contribution in [3.05, 3.63) is 83.5 Å². The standard InChI is InChI=1S/C23H25FN4O2/c1-17-15-21(26-30-17)16-27-11-13-28(14-12-27)22(18-5-3-2-4-6-18)23(29)25-20-9-7-19(24)8-10-20/h2-10,15,22H,11-14,16H2,1H3,(H,25,29)/t22-/m0/s1. The molecular formula is C23H25FN4O2. The zero-order valence-electron chi connectivity index (χ0n) is 16.9. The van der Waals surface area contributed by atoms with Crippen LogP contribution in [0, 0.1) is 12.7 Å². The highest BCUT2D eigenvalue weighted by atomic mass is 19.1. The Morgan fingerprint density at radius 3 is 2.43 bits per heavy atom. The lowest BCUT2D eigenvalue weighted by molar-refractivity contribution is -0.122. The van der Waals surface area contributed by atoms with Gasteiger partial charge in [0.2, 0.25) is 5.91 Å². The van der Waals surface area contributed by atoms with Crippen molar-refractivity contribution in [3.63, 3.8) is 0 Å². The molecule has 0 saturated carbocycles. The molecule has 2 aromatic carbocycles. The predicted molar refractivity (Wildman–Crippen MR) is 112 cm³/mol. The Morgan fingerprint density at radius 1 is 1.10 bits per heavy atom. The highest BCUT2D eigenvalue weighted by Gasteiger charge is 2.30. The third kappa shape index (κ3) is 4.93. The molecule has 0 bridgehead atoms. The van der Waals surface area contributed by atoms with Gasteiger partial charge < -0.3 is 9.84 Å². The van der Waals surface area contributed by atoms with Gasteiger partial charge in [0, 0.05) is 44.5 Å². The summed E-state index contributed by atoms with van der Waals surface area (Å²) in [5.41, 5.74) is 2.45. The average Bonchev–Trinajstić information content (AvgIpc) is 3.16. The molecule has 0 unspecified atom stereocenters. The zero-order valence-corrected chi connectivity index (χ0v) is 16.9. The minimum Gasteiger partial charge on any atom is -0.361 e. The van der Waals surface area contributed by atoms with Gasteiger partial charge in [-0.25, -0.2) is 4.39 Å². The normalized spacial score (nSPS) is 16.3. The highest BCUT2D eigenvalue weighted by molar-refractivity contribution is 5.95. The topological polar surface area (TPSA) is 61.6 Å². The van der Waals surface area contributed by atoms with Gasteiger partial charge in [0.05, 0.1) is 5.69 Å². The van der Waals surface area contributed by atoms with Crippen LogP contribution >= 0.6 is 0 Å². The number of nitrogens with one attached hydrogen (secondary N) is 1. The van der Waals surface area contributed by atoms with E-state index in [-0.39, 0.29) is 11.7 Å². The van der Waals surface area contributed by atoms with Crippen LogP contribution in [0.1, 0.15) is 23.1 Å². The molecule has 6 nitrogen and oxygen atoms in total. The fourth-order valence-corrected chi connectivity index (χ4v) is 3.81. The molecule has 0 radical (unpaired) electrons. The number of amides is 1. The van der Waals surface area contributed by atoms with E-state index in [1.165, 1.54) is 12.1 Å². The maximum absolute atomic E-state index is 13.2. The van der Waals surface area contributed by atoms with Crippen LogP contribution < -0.4 is 5.32 Å². The molecule has 4 rings (SSSR count). The number of aromatic nitrogens is 1. The Labute approximate surface area is 175 Å². The van der Waals surface area contributed by atoms with Gasteiger partial charge in [-0.05, 0) is 36.8 Å². The number of rotatable bonds is 6. The first-order valence-electron chi connectivity index (χ1n) is 10.1. The molecule has 30 heavy (non-hydrogen) atoms. The second-order valence-corrected chi connectivity index (χ2v) is 7.55.